The van der Waals surface area contributed by atoms with Crippen LogP contribution in [0, 0.1) is 11.6 Å². The van der Waals surface area contributed by atoms with Gasteiger partial charge in [0.15, 0.2) is 0 Å². The van der Waals surface area contributed by atoms with Crippen molar-refractivity contribution in [2.75, 3.05) is 10.5 Å². The zero-order chi connectivity index (χ0) is 14.9. The fraction of sp³-hybridized carbons (Fsp3) is 0. The average molecular weight is 300 g/mol. The van der Waals surface area contributed by atoms with E-state index in [2.05, 4.69) is 0 Å². The van der Waals surface area contributed by atoms with Crippen LogP contribution in [0.3, 0.4) is 0 Å². The van der Waals surface area contributed by atoms with Crippen LogP contribution in [0.4, 0.5) is 20.2 Å². The number of rotatable bonds is 3. The van der Waals surface area contributed by atoms with E-state index in [1.54, 1.807) is 0 Å². The van der Waals surface area contributed by atoms with E-state index >= 15 is 0 Å². The van der Waals surface area contributed by atoms with Gasteiger partial charge < -0.3 is 10.8 Å². The third-order valence-corrected chi connectivity index (χ3v) is 3.80. The lowest BCUT2D eigenvalue weighted by molar-refractivity contribution is 0.477. The van der Waals surface area contributed by atoms with Crippen molar-refractivity contribution in [2.24, 2.45) is 0 Å². The standard InChI is InChI=1S/C12H10F2N2O3S/c13-7-3-8(14)5-9(4-7)16-20(18,19)10-1-2-12(17)11(15)6-10/h1-6,16-17H,15H2. The van der Waals surface area contributed by atoms with Gasteiger partial charge in [-0.05, 0) is 30.3 Å². The summed E-state index contributed by atoms with van der Waals surface area (Å²) in [6.45, 7) is 0. The van der Waals surface area contributed by atoms with Gasteiger partial charge in [0, 0.05) is 6.07 Å². The molecular weight excluding hydrogens is 290 g/mol. The minimum atomic E-state index is -4.06. The zero-order valence-corrected chi connectivity index (χ0v) is 10.8. The summed E-state index contributed by atoms with van der Waals surface area (Å²) < 4.78 is 52.0. The number of benzene rings is 2. The van der Waals surface area contributed by atoms with Gasteiger partial charge in [-0.25, -0.2) is 17.2 Å². The SMILES string of the molecule is Nc1cc(S(=O)(=O)Nc2cc(F)cc(F)c2)ccc1O. The van der Waals surface area contributed by atoms with E-state index in [-0.39, 0.29) is 22.0 Å². The summed E-state index contributed by atoms with van der Waals surface area (Å²) in [6.07, 6.45) is 0. The molecule has 0 spiro atoms. The average Bonchev–Trinajstić information content (AvgIpc) is 2.30. The first-order chi connectivity index (χ1) is 9.28. The predicted molar refractivity (Wildman–Crippen MR) is 69.7 cm³/mol. The predicted octanol–water partition coefficient (Wildman–Crippen LogP) is 2.05. The van der Waals surface area contributed by atoms with E-state index in [1.165, 1.54) is 0 Å². The van der Waals surface area contributed by atoms with Gasteiger partial charge in [-0.15, -0.1) is 0 Å². The van der Waals surface area contributed by atoms with Gasteiger partial charge in [-0.2, -0.15) is 0 Å². The largest absolute Gasteiger partial charge is 0.506 e. The highest BCUT2D eigenvalue weighted by Crippen LogP contribution is 2.25. The second-order valence-electron chi connectivity index (χ2n) is 3.98. The molecule has 0 fully saturated rings. The molecule has 2 aromatic rings. The van der Waals surface area contributed by atoms with E-state index in [0.29, 0.717) is 6.07 Å². The number of anilines is 2. The Hall–Kier alpha value is -2.35. The summed E-state index contributed by atoms with van der Waals surface area (Å²) in [5.74, 6) is -2.08. The first kappa shape index (κ1) is 14.1. The smallest absolute Gasteiger partial charge is 0.261 e. The first-order valence-corrected chi connectivity index (χ1v) is 6.84. The molecule has 0 saturated heterocycles. The third-order valence-electron chi connectivity index (χ3n) is 2.42. The van der Waals surface area contributed by atoms with Crippen molar-refractivity contribution < 1.29 is 22.3 Å². The van der Waals surface area contributed by atoms with Crippen molar-refractivity contribution in [3.8, 4) is 5.75 Å². The maximum absolute atomic E-state index is 13.0. The molecule has 0 aliphatic rings. The van der Waals surface area contributed by atoms with Crippen LogP contribution in [0.25, 0.3) is 0 Å². The summed E-state index contributed by atoms with van der Waals surface area (Å²) in [5, 5.41) is 9.23. The van der Waals surface area contributed by atoms with E-state index in [1.807, 2.05) is 4.72 Å². The molecule has 0 atom stereocenters. The number of nitrogen functional groups attached to an aromatic ring is 1. The minimum absolute atomic E-state index is 0.127. The Balaban J connectivity index is 2.37. The highest BCUT2D eigenvalue weighted by atomic mass is 32.2. The van der Waals surface area contributed by atoms with E-state index in [4.69, 9.17) is 5.73 Å². The Kier molecular flexibility index (Phi) is 3.49. The molecule has 0 bridgehead atoms. The number of nitrogens with one attached hydrogen (secondary N) is 1. The van der Waals surface area contributed by atoms with Crippen LogP contribution in [0.2, 0.25) is 0 Å². The number of phenols is 1. The molecule has 0 aromatic heterocycles. The zero-order valence-electron chi connectivity index (χ0n) is 9.97. The van der Waals surface area contributed by atoms with Gasteiger partial charge in [-0.3, -0.25) is 4.72 Å². The number of halogens is 2. The molecule has 0 radical (unpaired) electrons. The normalized spacial score (nSPS) is 11.3. The quantitative estimate of drug-likeness (QED) is 0.597. The molecule has 0 aliphatic carbocycles. The highest BCUT2D eigenvalue weighted by molar-refractivity contribution is 7.92. The van der Waals surface area contributed by atoms with Gasteiger partial charge in [0.1, 0.15) is 17.4 Å². The monoisotopic (exact) mass is 300 g/mol. The number of nitrogens with two attached hydrogens (primary N) is 1. The number of hydrogen-bond donors (Lipinski definition) is 3. The van der Waals surface area contributed by atoms with Crippen LogP contribution in [-0.4, -0.2) is 13.5 Å². The molecule has 0 heterocycles. The Morgan fingerprint density at radius 2 is 1.65 bits per heavy atom. The maximum Gasteiger partial charge on any atom is 0.261 e. The third kappa shape index (κ3) is 2.97. The number of aromatic hydroxyl groups is 1. The van der Waals surface area contributed by atoms with E-state index in [9.17, 15) is 22.3 Å². The Labute approximate surface area is 113 Å². The second kappa shape index (κ2) is 4.97. The summed E-state index contributed by atoms with van der Waals surface area (Å²) in [4.78, 5) is -0.238. The van der Waals surface area contributed by atoms with Gasteiger partial charge >= 0.3 is 0 Å². The number of hydrogen-bond acceptors (Lipinski definition) is 4. The maximum atomic E-state index is 13.0. The first-order valence-electron chi connectivity index (χ1n) is 5.35. The van der Waals surface area contributed by atoms with Gasteiger partial charge in [-0.1, -0.05) is 0 Å². The van der Waals surface area contributed by atoms with Crippen LogP contribution in [0.15, 0.2) is 41.3 Å². The van der Waals surface area contributed by atoms with Crippen LogP contribution >= 0.6 is 0 Å². The van der Waals surface area contributed by atoms with Crippen molar-refractivity contribution >= 4 is 21.4 Å². The van der Waals surface area contributed by atoms with Crippen LogP contribution < -0.4 is 10.5 Å². The minimum Gasteiger partial charge on any atom is -0.506 e. The van der Waals surface area contributed by atoms with Gasteiger partial charge in [0.25, 0.3) is 10.0 Å². The van der Waals surface area contributed by atoms with Crippen molar-refractivity contribution in [3.63, 3.8) is 0 Å². The summed E-state index contributed by atoms with van der Waals surface area (Å²) >= 11 is 0. The molecule has 0 aliphatic heterocycles. The van der Waals surface area contributed by atoms with Crippen LogP contribution in [-0.2, 0) is 10.0 Å². The fourth-order valence-electron chi connectivity index (χ4n) is 1.53. The van der Waals surface area contributed by atoms with Crippen LogP contribution in [0.1, 0.15) is 0 Å². The van der Waals surface area contributed by atoms with Crippen molar-refractivity contribution in [3.05, 3.63) is 48.0 Å². The summed E-state index contributed by atoms with van der Waals surface area (Å²) in [6, 6.07) is 5.55. The number of sulfonamides is 1. The lowest BCUT2D eigenvalue weighted by atomic mass is 10.3. The van der Waals surface area contributed by atoms with E-state index < -0.39 is 21.7 Å². The topological polar surface area (TPSA) is 92.4 Å². The van der Waals surface area contributed by atoms with E-state index in [0.717, 1.165) is 30.3 Å². The Morgan fingerprint density at radius 1 is 1.05 bits per heavy atom. The molecule has 5 nitrogen and oxygen atoms in total. The summed E-state index contributed by atoms with van der Waals surface area (Å²) in [7, 11) is -4.06. The Morgan fingerprint density at radius 3 is 2.20 bits per heavy atom. The molecule has 2 rings (SSSR count). The second-order valence-corrected chi connectivity index (χ2v) is 5.67. The molecule has 0 saturated carbocycles. The highest BCUT2D eigenvalue weighted by Gasteiger charge is 2.16. The number of phenolic OH excluding ortho intramolecular Hbond substituents is 1. The molecule has 4 N–H and O–H groups in total. The lowest BCUT2D eigenvalue weighted by Crippen LogP contribution is -2.13. The fourth-order valence-corrected chi connectivity index (χ4v) is 2.60. The molecule has 0 amide bonds. The molecule has 0 unspecified atom stereocenters. The molecule has 20 heavy (non-hydrogen) atoms. The molecule has 8 heteroatoms. The van der Waals surface area contributed by atoms with Crippen molar-refractivity contribution in [1.82, 2.24) is 0 Å². The van der Waals surface area contributed by atoms with Crippen LogP contribution in [0.5, 0.6) is 5.75 Å². The van der Waals surface area contributed by atoms with Crippen molar-refractivity contribution in [2.45, 2.75) is 4.90 Å². The lowest BCUT2D eigenvalue weighted by Gasteiger charge is -2.09. The van der Waals surface area contributed by atoms with Gasteiger partial charge in [0.2, 0.25) is 0 Å². The molecule has 2 aromatic carbocycles. The Bertz CT molecular complexity index is 743. The van der Waals surface area contributed by atoms with Gasteiger partial charge in [0.05, 0.1) is 16.3 Å². The van der Waals surface area contributed by atoms with Crippen molar-refractivity contribution in [1.29, 1.82) is 0 Å². The molecular formula is C12H10F2N2O3S. The molecule has 106 valence electrons. The summed E-state index contributed by atoms with van der Waals surface area (Å²) in [5.41, 5.74) is 5.01.